The number of hydroxylamine groups is 2. The van der Waals surface area contributed by atoms with Crippen LogP contribution in [0.15, 0.2) is 54.6 Å². The van der Waals surface area contributed by atoms with Crippen LogP contribution in [0.1, 0.15) is 59.1 Å². The van der Waals surface area contributed by atoms with E-state index < -0.39 is 11.8 Å². The SMILES string of the molecule is CC(=O)OC(c1ccccc1)C(C)CCCON1C(=O)c2ccccc2C1=O. The van der Waals surface area contributed by atoms with Gasteiger partial charge in [-0.1, -0.05) is 49.4 Å². The number of esters is 1. The lowest BCUT2D eigenvalue weighted by molar-refractivity contribution is -0.149. The summed E-state index contributed by atoms with van der Waals surface area (Å²) in [7, 11) is 0. The predicted molar refractivity (Wildman–Crippen MR) is 102 cm³/mol. The zero-order valence-electron chi connectivity index (χ0n) is 16.0. The van der Waals surface area contributed by atoms with Crippen LogP contribution in [-0.4, -0.2) is 29.5 Å². The molecule has 6 heteroatoms. The molecule has 1 aliphatic heterocycles. The van der Waals surface area contributed by atoms with Crippen LogP contribution in [-0.2, 0) is 14.4 Å². The van der Waals surface area contributed by atoms with Gasteiger partial charge in [-0.05, 0) is 36.5 Å². The molecule has 0 aliphatic carbocycles. The molecule has 2 amide bonds. The van der Waals surface area contributed by atoms with E-state index in [1.807, 2.05) is 37.3 Å². The van der Waals surface area contributed by atoms with Crippen molar-refractivity contribution < 1.29 is 24.0 Å². The Morgan fingerprint density at radius 1 is 0.964 bits per heavy atom. The third-order valence-corrected chi connectivity index (χ3v) is 4.72. The Labute approximate surface area is 164 Å². The fourth-order valence-corrected chi connectivity index (χ4v) is 3.33. The summed E-state index contributed by atoms with van der Waals surface area (Å²) in [5, 5.41) is 0.829. The highest BCUT2D eigenvalue weighted by Gasteiger charge is 2.36. The van der Waals surface area contributed by atoms with E-state index in [4.69, 9.17) is 9.57 Å². The molecule has 0 spiro atoms. The molecule has 1 heterocycles. The minimum Gasteiger partial charge on any atom is -0.457 e. The molecule has 0 saturated carbocycles. The molecule has 6 nitrogen and oxygen atoms in total. The summed E-state index contributed by atoms with van der Waals surface area (Å²) in [5.74, 6) is -1.15. The van der Waals surface area contributed by atoms with Gasteiger partial charge in [-0.25, -0.2) is 0 Å². The van der Waals surface area contributed by atoms with Gasteiger partial charge in [0.15, 0.2) is 0 Å². The maximum absolute atomic E-state index is 12.3. The van der Waals surface area contributed by atoms with Crippen molar-refractivity contribution in [3.05, 3.63) is 71.3 Å². The molecule has 0 bridgehead atoms. The van der Waals surface area contributed by atoms with E-state index in [1.165, 1.54) is 6.92 Å². The molecular weight excluding hydrogens is 358 g/mol. The topological polar surface area (TPSA) is 72.9 Å². The fourth-order valence-electron chi connectivity index (χ4n) is 3.33. The third-order valence-electron chi connectivity index (χ3n) is 4.72. The van der Waals surface area contributed by atoms with Crippen LogP contribution in [0.25, 0.3) is 0 Å². The highest BCUT2D eigenvalue weighted by atomic mass is 16.7. The molecule has 2 aromatic rings. The van der Waals surface area contributed by atoms with Gasteiger partial charge in [0.2, 0.25) is 0 Å². The Kier molecular flexibility index (Phi) is 6.21. The number of ether oxygens (including phenoxy) is 1. The summed E-state index contributed by atoms with van der Waals surface area (Å²) in [6.07, 6.45) is 0.966. The van der Waals surface area contributed by atoms with E-state index >= 15 is 0 Å². The second-order valence-electron chi connectivity index (χ2n) is 6.84. The van der Waals surface area contributed by atoms with Gasteiger partial charge in [-0.2, -0.15) is 0 Å². The lowest BCUT2D eigenvalue weighted by atomic mass is 9.93. The Hall–Kier alpha value is -2.99. The highest BCUT2D eigenvalue weighted by Crippen LogP contribution is 2.29. The number of fused-ring (bicyclic) bond motifs is 1. The first-order valence-corrected chi connectivity index (χ1v) is 9.32. The quantitative estimate of drug-likeness (QED) is 0.393. The lowest BCUT2D eigenvalue weighted by Crippen LogP contribution is -2.30. The second kappa shape index (κ2) is 8.80. The summed E-state index contributed by atoms with van der Waals surface area (Å²) in [6, 6.07) is 16.2. The molecule has 28 heavy (non-hydrogen) atoms. The van der Waals surface area contributed by atoms with Crippen LogP contribution in [0.5, 0.6) is 0 Å². The number of imide groups is 1. The molecule has 0 radical (unpaired) electrons. The normalized spacial score (nSPS) is 15.3. The van der Waals surface area contributed by atoms with E-state index in [1.54, 1.807) is 24.3 Å². The van der Waals surface area contributed by atoms with Crippen molar-refractivity contribution >= 4 is 17.8 Å². The summed E-state index contributed by atoms with van der Waals surface area (Å²) in [6.45, 7) is 3.62. The van der Waals surface area contributed by atoms with Gasteiger partial charge in [0.05, 0.1) is 17.7 Å². The molecule has 2 atom stereocenters. The summed E-state index contributed by atoms with van der Waals surface area (Å²) < 4.78 is 5.51. The fraction of sp³-hybridized carbons (Fsp3) is 0.318. The average Bonchev–Trinajstić information content (AvgIpc) is 2.94. The van der Waals surface area contributed by atoms with E-state index in [9.17, 15) is 14.4 Å². The first-order valence-electron chi connectivity index (χ1n) is 9.32. The van der Waals surface area contributed by atoms with Crippen molar-refractivity contribution in [1.82, 2.24) is 5.06 Å². The molecule has 2 unspecified atom stereocenters. The standard InChI is InChI=1S/C22H23NO5/c1-15(20(28-16(2)24)17-10-4-3-5-11-17)9-8-14-27-23-21(25)18-12-6-7-13-19(18)22(23)26/h3-7,10-13,15,20H,8-9,14H2,1-2H3. The minimum atomic E-state index is -0.435. The predicted octanol–water partition coefficient (Wildman–Crippen LogP) is 3.93. The third kappa shape index (κ3) is 4.28. The molecule has 3 rings (SSSR count). The molecule has 0 N–H and O–H groups in total. The van der Waals surface area contributed by atoms with E-state index in [0.717, 1.165) is 10.6 Å². The average molecular weight is 381 g/mol. The first kappa shape index (κ1) is 19.8. The molecular formula is C22H23NO5. The second-order valence-corrected chi connectivity index (χ2v) is 6.84. The number of amides is 2. The molecule has 2 aromatic carbocycles. The molecule has 0 fully saturated rings. The Balaban J connectivity index is 1.54. The van der Waals surface area contributed by atoms with E-state index in [0.29, 0.717) is 24.0 Å². The van der Waals surface area contributed by atoms with Crippen LogP contribution in [0.4, 0.5) is 0 Å². The number of carbonyl (C=O) groups is 3. The smallest absolute Gasteiger partial charge is 0.303 e. The van der Waals surface area contributed by atoms with Crippen molar-refractivity contribution in [2.75, 3.05) is 6.61 Å². The van der Waals surface area contributed by atoms with Crippen LogP contribution in [0, 0.1) is 5.92 Å². The van der Waals surface area contributed by atoms with Gasteiger partial charge in [-0.3, -0.25) is 19.2 Å². The molecule has 1 aliphatic rings. The van der Waals surface area contributed by atoms with Gasteiger partial charge < -0.3 is 4.74 Å². The van der Waals surface area contributed by atoms with Gasteiger partial charge >= 0.3 is 5.97 Å². The Morgan fingerprint density at radius 3 is 2.11 bits per heavy atom. The summed E-state index contributed by atoms with van der Waals surface area (Å²) in [5.41, 5.74) is 1.66. The van der Waals surface area contributed by atoms with Crippen molar-refractivity contribution in [2.24, 2.45) is 5.92 Å². The molecule has 146 valence electrons. The maximum atomic E-state index is 12.3. The number of carbonyl (C=O) groups excluding carboxylic acids is 3. The van der Waals surface area contributed by atoms with Gasteiger partial charge in [0, 0.05) is 6.92 Å². The summed E-state index contributed by atoms with van der Waals surface area (Å²) >= 11 is 0. The van der Waals surface area contributed by atoms with Crippen molar-refractivity contribution in [3.63, 3.8) is 0 Å². The number of nitrogens with zero attached hydrogens (tertiary/aromatic N) is 1. The first-order chi connectivity index (χ1) is 13.5. The van der Waals surface area contributed by atoms with Crippen LogP contribution >= 0.6 is 0 Å². The molecule has 0 saturated heterocycles. The number of hydrogen-bond donors (Lipinski definition) is 0. The Bertz CT molecular complexity index is 829. The lowest BCUT2D eigenvalue weighted by Gasteiger charge is -2.24. The van der Waals surface area contributed by atoms with Gasteiger partial charge in [-0.15, -0.1) is 5.06 Å². The maximum Gasteiger partial charge on any atom is 0.303 e. The van der Waals surface area contributed by atoms with Crippen molar-refractivity contribution in [2.45, 2.75) is 32.8 Å². The zero-order valence-corrected chi connectivity index (χ0v) is 16.0. The summed E-state index contributed by atoms with van der Waals surface area (Å²) in [4.78, 5) is 41.5. The van der Waals surface area contributed by atoms with Crippen LogP contribution in [0.3, 0.4) is 0 Å². The largest absolute Gasteiger partial charge is 0.457 e. The Morgan fingerprint density at radius 2 is 1.54 bits per heavy atom. The van der Waals surface area contributed by atoms with Crippen molar-refractivity contribution in [1.29, 1.82) is 0 Å². The van der Waals surface area contributed by atoms with Gasteiger partial charge in [0.1, 0.15) is 6.10 Å². The number of hydrogen-bond acceptors (Lipinski definition) is 5. The van der Waals surface area contributed by atoms with Crippen LogP contribution < -0.4 is 0 Å². The number of benzene rings is 2. The van der Waals surface area contributed by atoms with E-state index in [-0.39, 0.29) is 24.6 Å². The zero-order chi connectivity index (χ0) is 20.1. The van der Waals surface area contributed by atoms with Gasteiger partial charge in [0.25, 0.3) is 11.8 Å². The van der Waals surface area contributed by atoms with Crippen LogP contribution in [0.2, 0.25) is 0 Å². The minimum absolute atomic E-state index is 0.0529. The number of rotatable bonds is 8. The monoisotopic (exact) mass is 381 g/mol. The van der Waals surface area contributed by atoms with E-state index in [2.05, 4.69) is 0 Å². The van der Waals surface area contributed by atoms with Crippen molar-refractivity contribution in [3.8, 4) is 0 Å². The molecule has 0 aromatic heterocycles. The highest BCUT2D eigenvalue weighted by molar-refractivity contribution is 6.20.